The van der Waals surface area contributed by atoms with Gasteiger partial charge in [0.2, 0.25) is 5.91 Å². The van der Waals surface area contributed by atoms with Gasteiger partial charge < -0.3 is 4.90 Å². The molecule has 0 fully saturated rings. The first-order chi connectivity index (χ1) is 10.3. The average Bonchev–Trinajstić information content (AvgIpc) is 2.44. The number of alkyl halides is 3. The third-order valence-electron chi connectivity index (χ3n) is 4.15. The van der Waals surface area contributed by atoms with Gasteiger partial charge in [-0.25, -0.2) is 0 Å². The largest absolute Gasteiger partial charge is 0.389 e. The SMILES string of the molecule is CN(C[C@H]1Cc2ccccc2CN1C)C(=O)CCC(F)(F)F. The van der Waals surface area contributed by atoms with E-state index in [-0.39, 0.29) is 6.04 Å². The molecule has 0 saturated carbocycles. The van der Waals surface area contributed by atoms with Gasteiger partial charge >= 0.3 is 6.18 Å². The molecule has 0 saturated heterocycles. The van der Waals surface area contributed by atoms with Crippen LogP contribution in [0.5, 0.6) is 0 Å². The number of likely N-dealkylation sites (N-methyl/N-ethyl adjacent to an activating group) is 2. The van der Waals surface area contributed by atoms with Crippen LogP contribution < -0.4 is 0 Å². The van der Waals surface area contributed by atoms with Crippen LogP contribution in [0.4, 0.5) is 13.2 Å². The maximum Gasteiger partial charge on any atom is 0.389 e. The van der Waals surface area contributed by atoms with Crippen molar-refractivity contribution in [2.75, 3.05) is 20.6 Å². The van der Waals surface area contributed by atoms with Crippen molar-refractivity contribution < 1.29 is 18.0 Å². The summed E-state index contributed by atoms with van der Waals surface area (Å²) in [6, 6.07) is 8.27. The van der Waals surface area contributed by atoms with Gasteiger partial charge in [0.25, 0.3) is 0 Å². The topological polar surface area (TPSA) is 23.6 Å². The molecule has 22 heavy (non-hydrogen) atoms. The second-order valence-corrected chi connectivity index (χ2v) is 5.93. The lowest BCUT2D eigenvalue weighted by atomic mass is 9.94. The molecule has 0 aromatic heterocycles. The first-order valence-corrected chi connectivity index (χ1v) is 7.34. The van der Waals surface area contributed by atoms with Gasteiger partial charge in [-0.15, -0.1) is 0 Å². The minimum Gasteiger partial charge on any atom is -0.344 e. The first-order valence-electron chi connectivity index (χ1n) is 7.34. The van der Waals surface area contributed by atoms with Crippen LogP contribution in [0.25, 0.3) is 0 Å². The van der Waals surface area contributed by atoms with Gasteiger partial charge in [-0.3, -0.25) is 9.69 Å². The zero-order valence-corrected chi connectivity index (χ0v) is 12.9. The lowest BCUT2D eigenvalue weighted by Crippen LogP contribution is -2.46. The Kier molecular flexibility index (Phi) is 5.11. The van der Waals surface area contributed by atoms with E-state index in [0.717, 1.165) is 13.0 Å². The lowest BCUT2D eigenvalue weighted by Gasteiger charge is -2.36. The molecule has 0 bridgehead atoms. The van der Waals surface area contributed by atoms with Gasteiger partial charge in [0, 0.05) is 32.6 Å². The van der Waals surface area contributed by atoms with Crippen molar-refractivity contribution >= 4 is 5.91 Å². The maximum absolute atomic E-state index is 12.2. The van der Waals surface area contributed by atoms with Crippen molar-refractivity contribution in [3.05, 3.63) is 35.4 Å². The Labute approximate surface area is 128 Å². The molecule has 1 aromatic rings. The number of halogens is 3. The van der Waals surface area contributed by atoms with Crippen LogP contribution >= 0.6 is 0 Å². The van der Waals surface area contributed by atoms with Gasteiger partial charge in [-0.05, 0) is 24.6 Å². The Morgan fingerprint density at radius 1 is 1.32 bits per heavy atom. The third kappa shape index (κ3) is 4.47. The van der Waals surface area contributed by atoms with Crippen molar-refractivity contribution in [1.29, 1.82) is 0 Å². The predicted molar refractivity (Wildman–Crippen MR) is 78.3 cm³/mol. The summed E-state index contributed by atoms with van der Waals surface area (Å²) in [6.45, 7) is 1.24. The molecular weight excluding hydrogens is 293 g/mol. The molecule has 0 spiro atoms. The van der Waals surface area contributed by atoms with Gasteiger partial charge in [0.05, 0.1) is 6.42 Å². The number of carbonyl (C=O) groups is 1. The Balaban J connectivity index is 1.92. The molecule has 0 radical (unpaired) electrons. The summed E-state index contributed by atoms with van der Waals surface area (Å²) in [6.07, 6.45) is -5.01. The smallest absolute Gasteiger partial charge is 0.344 e. The van der Waals surface area contributed by atoms with Crippen LogP contribution in [0.2, 0.25) is 0 Å². The standard InChI is InChI=1S/C16H21F3N2O/c1-20-10-13-6-4-3-5-12(13)9-14(20)11-21(2)15(22)7-8-16(17,18)19/h3-6,14H,7-11H2,1-2H3/t14-/m1/s1. The number of amides is 1. The summed E-state index contributed by atoms with van der Waals surface area (Å²) in [5.41, 5.74) is 2.52. The van der Waals surface area contributed by atoms with Crippen LogP contribution in [0.3, 0.4) is 0 Å². The Bertz CT molecular complexity index is 530. The molecular formula is C16H21F3N2O. The van der Waals surface area contributed by atoms with Crippen LogP contribution in [0.1, 0.15) is 24.0 Å². The second-order valence-electron chi connectivity index (χ2n) is 5.93. The average molecular weight is 314 g/mol. The monoisotopic (exact) mass is 314 g/mol. The number of hydrogen-bond donors (Lipinski definition) is 0. The summed E-state index contributed by atoms with van der Waals surface area (Å²) >= 11 is 0. The summed E-state index contributed by atoms with van der Waals surface area (Å²) in [4.78, 5) is 15.4. The molecule has 6 heteroatoms. The van der Waals surface area contributed by atoms with E-state index in [1.54, 1.807) is 7.05 Å². The molecule has 0 unspecified atom stereocenters. The van der Waals surface area contributed by atoms with E-state index in [1.165, 1.54) is 16.0 Å². The quantitative estimate of drug-likeness (QED) is 0.853. The normalized spacial score (nSPS) is 18.9. The zero-order valence-electron chi connectivity index (χ0n) is 12.9. The van der Waals surface area contributed by atoms with Gasteiger partial charge in [0.15, 0.2) is 0 Å². The Morgan fingerprint density at radius 2 is 1.95 bits per heavy atom. The first kappa shape index (κ1) is 16.8. The van der Waals surface area contributed by atoms with Crippen LogP contribution in [-0.2, 0) is 17.8 Å². The zero-order chi connectivity index (χ0) is 16.3. The molecule has 2 rings (SSSR count). The van der Waals surface area contributed by atoms with Crippen LogP contribution in [-0.4, -0.2) is 48.6 Å². The maximum atomic E-state index is 12.2. The van der Waals surface area contributed by atoms with Crippen molar-refractivity contribution in [2.45, 2.75) is 38.0 Å². The molecule has 1 amide bonds. The van der Waals surface area contributed by atoms with E-state index >= 15 is 0 Å². The molecule has 0 aliphatic carbocycles. The van der Waals surface area contributed by atoms with Crippen LogP contribution in [0, 0.1) is 0 Å². The summed E-state index contributed by atoms with van der Waals surface area (Å²) in [5, 5.41) is 0. The molecule has 1 heterocycles. The minimum absolute atomic E-state index is 0.134. The fourth-order valence-corrected chi connectivity index (χ4v) is 2.78. The lowest BCUT2D eigenvalue weighted by molar-refractivity contribution is -0.148. The van der Waals surface area contributed by atoms with Crippen molar-refractivity contribution in [3.63, 3.8) is 0 Å². The fraction of sp³-hybridized carbons (Fsp3) is 0.562. The third-order valence-corrected chi connectivity index (χ3v) is 4.15. The Hall–Kier alpha value is -1.56. The van der Waals surface area contributed by atoms with E-state index in [1.807, 2.05) is 19.2 Å². The van der Waals surface area contributed by atoms with Gasteiger partial charge in [-0.2, -0.15) is 13.2 Å². The van der Waals surface area contributed by atoms with Crippen molar-refractivity contribution in [2.24, 2.45) is 0 Å². The van der Waals surface area contributed by atoms with E-state index in [4.69, 9.17) is 0 Å². The number of carbonyl (C=O) groups excluding carboxylic acids is 1. The van der Waals surface area contributed by atoms with Gasteiger partial charge in [-0.1, -0.05) is 24.3 Å². The minimum atomic E-state index is -4.28. The molecule has 0 N–H and O–H groups in total. The van der Waals surface area contributed by atoms with E-state index < -0.39 is 24.9 Å². The van der Waals surface area contributed by atoms with E-state index in [9.17, 15) is 18.0 Å². The molecule has 1 atom stereocenters. The summed E-state index contributed by atoms with van der Waals surface area (Å²) in [7, 11) is 3.56. The molecule has 1 aromatic carbocycles. The number of rotatable bonds is 4. The number of benzene rings is 1. The highest BCUT2D eigenvalue weighted by atomic mass is 19.4. The number of hydrogen-bond acceptors (Lipinski definition) is 2. The highest BCUT2D eigenvalue weighted by Crippen LogP contribution is 2.24. The highest BCUT2D eigenvalue weighted by Gasteiger charge is 2.30. The highest BCUT2D eigenvalue weighted by molar-refractivity contribution is 5.75. The van der Waals surface area contributed by atoms with Crippen molar-refractivity contribution in [1.82, 2.24) is 9.80 Å². The molecule has 1 aliphatic rings. The van der Waals surface area contributed by atoms with Gasteiger partial charge in [0.1, 0.15) is 0 Å². The second kappa shape index (κ2) is 6.69. The predicted octanol–water partition coefficient (Wildman–Crippen LogP) is 2.84. The fourth-order valence-electron chi connectivity index (χ4n) is 2.78. The molecule has 3 nitrogen and oxygen atoms in total. The summed E-state index contributed by atoms with van der Waals surface area (Å²) < 4.78 is 36.6. The number of nitrogens with zero attached hydrogens (tertiary/aromatic N) is 2. The van der Waals surface area contributed by atoms with Crippen molar-refractivity contribution in [3.8, 4) is 0 Å². The van der Waals surface area contributed by atoms with E-state index in [2.05, 4.69) is 17.0 Å². The molecule has 1 aliphatic heterocycles. The van der Waals surface area contributed by atoms with Crippen LogP contribution in [0.15, 0.2) is 24.3 Å². The number of fused-ring (bicyclic) bond motifs is 1. The van der Waals surface area contributed by atoms with E-state index in [0.29, 0.717) is 6.54 Å². The molecule has 122 valence electrons. The summed E-state index contributed by atoms with van der Waals surface area (Å²) in [5.74, 6) is -0.454. The Morgan fingerprint density at radius 3 is 2.59 bits per heavy atom.